The van der Waals surface area contributed by atoms with Crippen LogP contribution in [0.25, 0.3) is 0 Å². The van der Waals surface area contributed by atoms with Crippen LogP contribution in [0, 0.1) is 6.92 Å². The van der Waals surface area contributed by atoms with E-state index in [2.05, 4.69) is 0 Å². The number of hydrogen-bond acceptors (Lipinski definition) is 3. The first-order chi connectivity index (χ1) is 7.54. The molecule has 0 fully saturated rings. The van der Waals surface area contributed by atoms with Gasteiger partial charge in [-0.2, -0.15) is 0 Å². The number of carboxylic acids is 1. The molecule has 0 amide bonds. The molecule has 0 bridgehead atoms. The Morgan fingerprint density at radius 2 is 2.19 bits per heavy atom. The first-order valence-corrected chi connectivity index (χ1v) is 5.02. The van der Waals surface area contributed by atoms with Crippen LogP contribution in [0.3, 0.4) is 0 Å². The molecule has 0 saturated carbocycles. The minimum atomic E-state index is -0.966. The number of ether oxygens (including phenoxy) is 2. The fraction of sp³-hybridized carbons (Fsp3) is 0.417. The first-order valence-electron chi connectivity index (χ1n) is 5.02. The van der Waals surface area contributed by atoms with Gasteiger partial charge in [0.05, 0.1) is 13.7 Å². The van der Waals surface area contributed by atoms with Crippen molar-refractivity contribution in [1.82, 2.24) is 0 Å². The SMILES string of the molecule is COc1ccc(C)cc1CO[C@H](C)C(=O)O. The Bertz CT molecular complexity index is 373. The Kier molecular flexibility index (Phi) is 4.31. The van der Waals surface area contributed by atoms with E-state index in [0.29, 0.717) is 5.75 Å². The van der Waals surface area contributed by atoms with Crippen molar-refractivity contribution < 1.29 is 19.4 Å². The lowest BCUT2D eigenvalue weighted by atomic mass is 10.1. The highest BCUT2D eigenvalue weighted by atomic mass is 16.5. The molecule has 0 aliphatic rings. The van der Waals surface area contributed by atoms with Crippen molar-refractivity contribution >= 4 is 5.97 Å². The molecule has 4 nitrogen and oxygen atoms in total. The molecule has 0 heterocycles. The van der Waals surface area contributed by atoms with Crippen LogP contribution < -0.4 is 4.74 Å². The molecule has 16 heavy (non-hydrogen) atoms. The van der Waals surface area contributed by atoms with Crippen molar-refractivity contribution in [3.8, 4) is 5.75 Å². The largest absolute Gasteiger partial charge is 0.496 e. The van der Waals surface area contributed by atoms with Gasteiger partial charge in [0, 0.05) is 5.56 Å². The third-order valence-electron chi connectivity index (χ3n) is 2.27. The number of benzene rings is 1. The summed E-state index contributed by atoms with van der Waals surface area (Å²) in [4.78, 5) is 10.6. The summed E-state index contributed by atoms with van der Waals surface area (Å²) in [5.74, 6) is -0.255. The zero-order chi connectivity index (χ0) is 12.1. The number of rotatable bonds is 5. The lowest BCUT2D eigenvalue weighted by Crippen LogP contribution is -2.19. The maximum Gasteiger partial charge on any atom is 0.332 e. The lowest BCUT2D eigenvalue weighted by molar-refractivity contribution is -0.149. The Morgan fingerprint density at radius 1 is 1.50 bits per heavy atom. The molecule has 1 N–H and O–H groups in total. The van der Waals surface area contributed by atoms with E-state index in [0.717, 1.165) is 11.1 Å². The standard InChI is InChI=1S/C12H16O4/c1-8-4-5-11(15-3)10(6-8)7-16-9(2)12(13)14/h4-6,9H,7H2,1-3H3,(H,13,14)/t9-/m1/s1. The lowest BCUT2D eigenvalue weighted by Gasteiger charge is -2.12. The van der Waals surface area contributed by atoms with Gasteiger partial charge in [0.15, 0.2) is 6.10 Å². The monoisotopic (exact) mass is 224 g/mol. The molecule has 88 valence electrons. The fourth-order valence-corrected chi connectivity index (χ4v) is 1.31. The van der Waals surface area contributed by atoms with Crippen LogP contribution in [-0.4, -0.2) is 24.3 Å². The topological polar surface area (TPSA) is 55.8 Å². The highest BCUT2D eigenvalue weighted by Crippen LogP contribution is 2.20. The van der Waals surface area contributed by atoms with Gasteiger partial charge >= 0.3 is 5.97 Å². The fourth-order valence-electron chi connectivity index (χ4n) is 1.31. The molecular weight excluding hydrogens is 208 g/mol. The van der Waals surface area contributed by atoms with E-state index in [1.54, 1.807) is 7.11 Å². The number of aryl methyl sites for hydroxylation is 1. The Balaban J connectivity index is 2.72. The van der Waals surface area contributed by atoms with Gasteiger partial charge in [-0.05, 0) is 19.9 Å². The number of hydrogen-bond donors (Lipinski definition) is 1. The van der Waals surface area contributed by atoms with E-state index in [9.17, 15) is 4.79 Å². The van der Waals surface area contributed by atoms with Crippen LogP contribution in [0.15, 0.2) is 18.2 Å². The van der Waals surface area contributed by atoms with Crippen LogP contribution in [0.4, 0.5) is 0 Å². The molecular formula is C12H16O4. The molecule has 1 aromatic carbocycles. The third-order valence-corrected chi connectivity index (χ3v) is 2.27. The van der Waals surface area contributed by atoms with E-state index >= 15 is 0 Å². The predicted octanol–water partition coefficient (Wildman–Crippen LogP) is 1.99. The summed E-state index contributed by atoms with van der Waals surface area (Å²) in [6, 6.07) is 5.70. The summed E-state index contributed by atoms with van der Waals surface area (Å²) in [6.07, 6.45) is -0.815. The van der Waals surface area contributed by atoms with Crippen LogP contribution in [-0.2, 0) is 16.1 Å². The predicted molar refractivity (Wildman–Crippen MR) is 59.6 cm³/mol. The molecule has 1 atom stereocenters. The second kappa shape index (κ2) is 5.51. The summed E-state index contributed by atoms with van der Waals surface area (Å²) in [6.45, 7) is 3.70. The number of carboxylic acid groups (broad SMARTS) is 1. The van der Waals surface area contributed by atoms with Gasteiger partial charge in [0.2, 0.25) is 0 Å². The van der Waals surface area contributed by atoms with Crippen molar-refractivity contribution in [3.05, 3.63) is 29.3 Å². The highest BCUT2D eigenvalue weighted by Gasteiger charge is 2.12. The van der Waals surface area contributed by atoms with Gasteiger partial charge in [-0.25, -0.2) is 4.79 Å². The highest BCUT2D eigenvalue weighted by molar-refractivity contribution is 5.71. The van der Waals surface area contributed by atoms with E-state index in [1.165, 1.54) is 6.92 Å². The summed E-state index contributed by atoms with van der Waals surface area (Å²) in [5.41, 5.74) is 1.94. The van der Waals surface area contributed by atoms with Crippen molar-refractivity contribution in [3.63, 3.8) is 0 Å². The van der Waals surface area contributed by atoms with Gasteiger partial charge in [-0.3, -0.25) is 0 Å². The molecule has 1 rings (SSSR count). The van der Waals surface area contributed by atoms with E-state index in [-0.39, 0.29) is 6.61 Å². The van der Waals surface area contributed by atoms with Gasteiger partial charge in [-0.1, -0.05) is 17.7 Å². The number of methoxy groups -OCH3 is 1. The minimum Gasteiger partial charge on any atom is -0.496 e. The van der Waals surface area contributed by atoms with Gasteiger partial charge in [0.1, 0.15) is 5.75 Å². The molecule has 4 heteroatoms. The van der Waals surface area contributed by atoms with Gasteiger partial charge in [-0.15, -0.1) is 0 Å². The normalized spacial score (nSPS) is 12.2. The molecule has 0 radical (unpaired) electrons. The maximum absolute atomic E-state index is 10.6. The van der Waals surface area contributed by atoms with E-state index in [1.807, 2.05) is 25.1 Å². The second-order valence-electron chi connectivity index (χ2n) is 3.61. The quantitative estimate of drug-likeness (QED) is 0.831. The molecule has 0 aliphatic carbocycles. The third kappa shape index (κ3) is 3.24. The Hall–Kier alpha value is -1.55. The molecule has 0 spiro atoms. The zero-order valence-electron chi connectivity index (χ0n) is 9.69. The van der Waals surface area contributed by atoms with Crippen molar-refractivity contribution in [1.29, 1.82) is 0 Å². The smallest absolute Gasteiger partial charge is 0.332 e. The van der Waals surface area contributed by atoms with Crippen LogP contribution in [0.1, 0.15) is 18.1 Å². The van der Waals surface area contributed by atoms with Gasteiger partial charge < -0.3 is 14.6 Å². The average molecular weight is 224 g/mol. The molecule has 0 aliphatic heterocycles. The second-order valence-corrected chi connectivity index (χ2v) is 3.61. The molecule has 0 aromatic heterocycles. The molecule has 0 saturated heterocycles. The van der Waals surface area contributed by atoms with E-state index in [4.69, 9.17) is 14.6 Å². The van der Waals surface area contributed by atoms with Crippen molar-refractivity contribution in [2.75, 3.05) is 7.11 Å². The van der Waals surface area contributed by atoms with Gasteiger partial charge in [0.25, 0.3) is 0 Å². The minimum absolute atomic E-state index is 0.234. The zero-order valence-corrected chi connectivity index (χ0v) is 9.69. The number of carbonyl (C=O) groups is 1. The summed E-state index contributed by atoms with van der Waals surface area (Å²) < 4.78 is 10.4. The van der Waals surface area contributed by atoms with Crippen LogP contribution in [0.2, 0.25) is 0 Å². The van der Waals surface area contributed by atoms with Crippen LogP contribution in [0.5, 0.6) is 5.75 Å². The summed E-state index contributed by atoms with van der Waals surface area (Å²) in [5, 5.41) is 8.68. The van der Waals surface area contributed by atoms with E-state index < -0.39 is 12.1 Å². The van der Waals surface area contributed by atoms with Crippen LogP contribution >= 0.6 is 0 Å². The van der Waals surface area contributed by atoms with Crippen molar-refractivity contribution in [2.45, 2.75) is 26.6 Å². The maximum atomic E-state index is 10.6. The van der Waals surface area contributed by atoms with Crippen molar-refractivity contribution in [2.24, 2.45) is 0 Å². The average Bonchev–Trinajstić information content (AvgIpc) is 2.25. The first kappa shape index (κ1) is 12.5. The molecule has 0 unspecified atom stereocenters. The Morgan fingerprint density at radius 3 is 2.75 bits per heavy atom. The molecule has 1 aromatic rings. The Labute approximate surface area is 94.8 Å². The summed E-state index contributed by atoms with van der Waals surface area (Å²) in [7, 11) is 1.58. The summed E-state index contributed by atoms with van der Waals surface area (Å²) >= 11 is 0. The number of aliphatic carboxylic acids is 1.